The third-order valence-electron chi connectivity index (χ3n) is 2.42. The second-order valence-electron chi connectivity index (χ2n) is 4.43. The molecule has 0 aromatic heterocycles. The Balaban J connectivity index is 0.00000128. The Bertz CT molecular complexity index is 336. The van der Waals surface area contributed by atoms with Crippen LogP contribution in [0.25, 0.3) is 0 Å². The fourth-order valence-corrected chi connectivity index (χ4v) is 2.72. The summed E-state index contributed by atoms with van der Waals surface area (Å²) in [5, 5.41) is -0.284. The quantitative estimate of drug-likeness (QED) is 0.535. The minimum Gasteiger partial charge on any atom is -0.348 e. The van der Waals surface area contributed by atoms with E-state index in [1.807, 2.05) is 0 Å². The summed E-state index contributed by atoms with van der Waals surface area (Å²) in [5.41, 5.74) is 0. The summed E-state index contributed by atoms with van der Waals surface area (Å²) >= 11 is 0. The van der Waals surface area contributed by atoms with E-state index in [2.05, 4.69) is 0 Å². The Morgan fingerprint density at radius 2 is 2.00 bits per heavy atom. The third-order valence-corrected chi connectivity index (χ3v) is 4.17. The first-order chi connectivity index (χ1) is 6.89. The Labute approximate surface area is 118 Å². The van der Waals surface area contributed by atoms with Crippen LogP contribution in [-0.2, 0) is 23.8 Å². The van der Waals surface area contributed by atoms with E-state index in [-0.39, 0.29) is 47.5 Å². The standard InChI is InChI=1S/C9H16O5S.Na/c1-9(2)12-5-7(14-9)6-13-15(10,11)8-3-4-8;/h7-8H,3-6H2,1-2H3;/t7-;/m0./s1. The molecule has 2 fully saturated rings. The average Bonchev–Trinajstić information content (AvgIpc) is 2.89. The van der Waals surface area contributed by atoms with Gasteiger partial charge in [-0.1, -0.05) is 0 Å². The second kappa shape index (κ2) is 5.22. The summed E-state index contributed by atoms with van der Waals surface area (Å²) in [6.45, 7) is 4.03. The van der Waals surface area contributed by atoms with Gasteiger partial charge in [0.15, 0.2) is 5.79 Å². The van der Waals surface area contributed by atoms with Crippen molar-refractivity contribution in [2.75, 3.05) is 13.2 Å². The maximum absolute atomic E-state index is 11.4. The molecule has 1 aliphatic carbocycles. The van der Waals surface area contributed by atoms with Crippen molar-refractivity contribution in [1.29, 1.82) is 0 Å². The van der Waals surface area contributed by atoms with Crippen LogP contribution in [0.3, 0.4) is 0 Å². The monoisotopic (exact) mass is 259 g/mol. The largest absolute Gasteiger partial charge is 0.348 e. The van der Waals surface area contributed by atoms with Crippen molar-refractivity contribution in [2.24, 2.45) is 0 Å². The number of hydrogen-bond donors (Lipinski definition) is 0. The average molecular weight is 259 g/mol. The van der Waals surface area contributed by atoms with Gasteiger partial charge in [-0.05, 0) is 26.7 Å². The van der Waals surface area contributed by atoms with Gasteiger partial charge in [-0.15, -0.1) is 0 Å². The van der Waals surface area contributed by atoms with Gasteiger partial charge in [0.25, 0.3) is 10.1 Å². The summed E-state index contributed by atoms with van der Waals surface area (Å²) in [4.78, 5) is 0. The SMILES string of the molecule is CC1(C)OC[C@@H](COS(=O)(=O)C2CC2)O1.[Na]. The normalized spacial score (nSPS) is 28.8. The van der Waals surface area contributed by atoms with Gasteiger partial charge in [-0.3, -0.25) is 4.18 Å². The molecule has 1 heterocycles. The molecule has 0 bridgehead atoms. The molecular formula is C9H16NaO5S. The summed E-state index contributed by atoms with van der Waals surface area (Å²) in [7, 11) is -3.35. The summed E-state index contributed by atoms with van der Waals surface area (Å²) in [6.07, 6.45) is 1.15. The molecule has 2 aliphatic rings. The van der Waals surface area contributed by atoms with E-state index in [1.165, 1.54) is 0 Å². The van der Waals surface area contributed by atoms with E-state index in [0.717, 1.165) is 12.8 Å². The first kappa shape index (κ1) is 14.9. The molecule has 0 unspecified atom stereocenters. The van der Waals surface area contributed by atoms with E-state index in [1.54, 1.807) is 13.8 Å². The van der Waals surface area contributed by atoms with Gasteiger partial charge < -0.3 is 9.47 Å². The van der Waals surface area contributed by atoms with Gasteiger partial charge in [0.05, 0.1) is 18.5 Å². The maximum atomic E-state index is 11.4. The molecule has 89 valence electrons. The van der Waals surface area contributed by atoms with E-state index in [4.69, 9.17) is 13.7 Å². The molecular weight excluding hydrogens is 243 g/mol. The molecule has 0 amide bonds. The topological polar surface area (TPSA) is 61.8 Å². The van der Waals surface area contributed by atoms with Gasteiger partial charge >= 0.3 is 0 Å². The molecule has 0 aromatic rings. The van der Waals surface area contributed by atoms with E-state index < -0.39 is 15.9 Å². The Morgan fingerprint density at radius 1 is 1.38 bits per heavy atom. The first-order valence-corrected chi connectivity index (χ1v) is 6.56. The van der Waals surface area contributed by atoms with Crippen LogP contribution in [-0.4, -0.2) is 68.3 Å². The molecule has 0 spiro atoms. The van der Waals surface area contributed by atoms with Crippen molar-refractivity contribution in [1.82, 2.24) is 0 Å². The van der Waals surface area contributed by atoms with Crippen molar-refractivity contribution in [3.05, 3.63) is 0 Å². The van der Waals surface area contributed by atoms with Gasteiger partial charge in [0, 0.05) is 29.6 Å². The van der Waals surface area contributed by atoms with E-state index in [9.17, 15) is 8.42 Å². The Kier molecular flexibility index (Phi) is 4.86. The predicted molar refractivity (Wildman–Crippen MR) is 58.6 cm³/mol. The van der Waals surface area contributed by atoms with Crippen molar-refractivity contribution >= 4 is 39.7 Å². The second-order valence-corrected chi connectivity index (χ2v) is 6.32. The third kappa shape index (κ3) is 3.94. The molecule has 1 saturated heterocycles. The molecule has 2 rings (SSSR count). The molecule has 1 atom stereocenters. The minimum absolute atomic E-state index is 0. The van der Waals surface area contributed by atoms with Crippen LogP contribution in [0.5, 0.6) is 0 Å². The first-order valence-electron chi connectivity index (χ1n) is 5.09. The molecule has 7 heteroatoms. The zero-order chi connectivity index (χ0) is 11.1. The van der Waals surface area contributed by atoms with Crippen molar-refractivity contribution in [2.45, 2.75) is 43.8 Å². The maximum Gasteiger partial charge on any atom is 0.270 e. The minimum atomic E-state index is -3.35. The molecule has 16 heavy (non-hydrogen) atoms. The van der Waals surface area contributed by atoms with Crippen LogP contribution < -0.4 is 0 Å². The van der Waals surface area contributed by atoms with Crippen molar-refractivity contribution in [3.63, 3.8) is 0 Å². The fourth-order valence-electron chi connectivity index (χ4n) is 1.47. The Morgan fingerprint density at radius 3 is 2.44 bits per heavy atom. The summed E-state index contributed by atoms with van der Waals surface area (Å²) in [5.74, 6) is -0.628. The van der Waals surface area contributed by atoms with Crippen LogP contribution in [0.2, 0.25) is 0 Å². The number of rotatable bonds is 4. The van der Waals surface area contributed by atoms with Gasteiger partial charge in [0.1, 0.15) is 6.10 Å². The summed E-state index contributed by atoms with van der Waals surface area (Å²) in [6, 6.07) is 0. The molecule has 5 nitrogen and oxygen atoms in total. The van der Waals surface area contributed by atoms with E-state index in [0.29, 0.717) is 6.61 Å². The van der Waals surface area contributed by atoms with Gasteiger partial charge in [0.2, 0.25) is 0 Å². The van der Waals surface area contributed by atoms with Gasteiger partial charge in [-0.2, -0.15) is 8.42 Å². The molecule has 1 radical (unpaired) electrons. The van der Waals surface area contributed by atoms with Crippen LogP contribution in [0.1, 0.15) is 26.7 Å². The molecule has 1 saturated carbocycles. The fraction of sp³-hybridized carbons (Fsp3) is 1.00. The number of hydrogen-bond acceptors (Lipinski definition) is 5. The molecule has 0 aromatic carbocycles. The van der Waals surface area contributed by atoms with Crippen molar-refractivity contribution < 1.29 is 22.1 Å². The van der Waals surface area contributed by atoms with E-state index >= 15 is 0 Å². The smallest absolute Gasteiger partial charge is 0.270 e. The zero-order valence-electron chi connectivity index (χ0n) is 9.93. The van der Waals surface area contributed by atoms with Crippen LogP contribution >= 0.6 is 0 Å². The van der Waals surface area contributed by atoms with Crippen molar-refractivity contribution in [3.8, 4) is 0 Å². The van der Waals surface area contributed by atoms with Crippen LogP contribution in [0, 0.1) is 0 Å². The Hall–Kier alpha value is 0.830. The molecule has 1 aliphatic heterocycles. The van der Waals surface area contributed by atoms with Crippen LogP contribution in [0.4, 0.5) is 0 Å². The zero-order valence-corrected chi connectivity index (χ0v) is 12.7. The number of ether oxygens (including phenoxy) is 2. The summed E-state index contributed by atoms with van der Waals surface area (Å²) < 4.78 is 38.4. The van der Waals surface area contributed by atoms with Gasteiger partial charge in [-0.25, -0.2) is 0 Å². The van der Waals surface area contributed by atoms with Crippen LogP contribution in [0.15, 0.2) is 0 Å². The predicted octanol–water partition coefficient (Wildman–Crippen LogP) is 0.266. The molecule has 0 N–H and O–H groups in total.